The number of pyridine rings is 1. The van der Waals surface area contributed by atoms with Crippen LogP contribution in [0.2, 0.25) is 0 Å². The first-order valence-electron chi connectivity index (χ1n) is 9.31. The number of fused-ring (bicyclic) bond motifs is 1. The molecule has 5 nitrogen and oxygen atoms in total. The number of alkyl halides is 3. The van der Waals surface area contributed by atoms with E-state index in [9.17, 15) is 18.0 Å². The maximum atomic E-state index is 13.5. The summed E-state index contributed by atoms with van der Waals surface area (Å²) in [6.45, 7) is 3.65. The zero-order chi connectivity index (χ0) is 20.5. The molecule has 3 rings (SSSR count). The molecule has 0 N–H and O–H groups in total. The molecule has 0 spiro atoms. The van der Waals surface area contributed by atoms with Crippen LogP contribution in [0.25, 0.3) is 10.9 Å². The number of likely N-dealkylation sites (tertiary alicyclic amines) is 1. The molecule has 9 heteroatoms. The van der Waals surface area contributed by atoms with Crippen molar-refractivity contribution in [2.75, 3.05) is 38.7 Å². The highest BCUT2D eigenvalue weighted by Crippen LogP contribution is 2.39. The molecule has 0 radical (unpaired) electrons. The van der Waals surface area contributed by atoms with Crippen molar-refractivity contribution in [1.29, 1.82) is 0 Å². The van der Waals surface area contributed by atoms with Gasteiger partial charge in [-0.15, -0.1) is 12.4 Å². The summed E-state index contributed by atoms with van der Waals surface area (Å²) in [5.41, 5.74) is -0.324. The Morgan fingerprint density at radius 2 is 1.97 bits per heavy atom. The second-order valence-corrected chi connectivity index (χ2v) is 7.09. The predicted molar refractivity (Wildman–Crippen MR) is 109 cm³/mol. The first-order chi connectivity index (χ1) is 13.2. The Labute approximate surface area is 174 Å². The second-order valence-electron chi connectivity index (χ2n) is 7.09. The van der Waals surface area contributed by atoms with Crippen LogP contribution in [-0.2, 0) is 10.9 Å². The lowest BCUT2D eigenvalue weighted by Gasteiger charge is -2.37. The fourth-order valence-electron chi connectivity index (χ4n) is 3.74. The van der Waals surface area contributed by atoms with Gasteiger partial charge < -0.3 is 14.5 Å². The van der Waals surface area contributed by atoms with Crippen molar-refractivity contribution in [2.45, 2.75) is 32.0 Å². The minimum Gasteiger partial charge on any atom is -0.462 e. The van der Waals surface area contributed by atoms with E-state index in [2.05, 4.69) is 9.88 Å². The monoisotopic (exact) mass is 431 g/mol. The van der Waals surface area contributed by atoms with E-state index >= 15 is 0 Å². The fraction of sp³-hybridized carbons (Fsp3) is 0.500. The molecule has 1 aliphatic rings. The normalized spacial score (nSPS) is 15.8. The van der Waals surface area contributed by atoms with Crippen molar-refractivity contribution in [1.82, 2.24) is 9.88 Å². The van der Waals surface area contributed by atoms with E-state index in [1.165, 1.54) is 12.3 Å². The van der Waals surface area contributed by atoms with Gasteiger partial charge in [0.25, 0.3) is 0 Å². The number of carbonyl (C=O) groups is 1. The summed E-state index contributed by atoms with van der Waals surface area (Å²) in [6, 6.07) is 4.07. The Kier molecular flexibility index (Phi) is 7.35. The van der Waals surface area contributed by atoms with Crippen LogP contribution >= 0.6 is 12.4 Å². The number of piperidine rings is 1. The number of aromatic nitrogens is 1. The zero-order valence-corrected chi connectivity index (χ0v) is 17.4. The fourth-order valence-corrected chi connectivity index (χ4v) is 3.74. The Morgan fingerprint density at radius 1 is 1.31 bits per heavy atom. The predicted octanol–water partition coefficient (Wildman–Crippen LogP) is 4.38. The Balaban J connectivity index is 0.00000300. The van der Waals surface area contributed by atoms with E-state index in [4.69, 9.17) is 4.74 Å². The molecule has 0 unspecified atom stereocenters. The molecule has 2 aromatic rings. The van der Waals surface area contributed by atoms with Crippen LogP contribution < -0.4 is 4.90 Å². The molecule has 1 saturated heterocycles. The molecule has 0 atom stereocenters. The van der Waals surface area contributed by atoms with Crippen LogP contribution in [-0.4, -0.2) is 55.7 Å². The number of halogens is 4. The zero-order valence-electron chi connectivity index (χ0n) is 16.6. The van der Waals surface area contributed by atoms with Gasteiger partial charge in [0, 0.05) is 24.7 Å². The Bertz CT molecular complexity index is 868. The number of nitrogens with zero attached hydrogens (tertiary/aromatic N) is 3. The molecule has 0 bridgehead atoms. The number of para-hydroxylation sites is 1. The summed E-state index contributed by atoms with van der Waals surface area (Å²) in [6.07, 6.45) is -1.60. The van der Waals surface area contributed by atoms with Gasteiger partial charge in [0.05, 0.1) is 23.4 Å². The van der Waals surface area contributed by atoms with E-state index in [-0.39, 0.29) is 36.1 Å². The molecule has 2 heterocycles. The number of carbonyl (C=O) groups excluding carboxylic acids is 1. The highest BCUT2D eigenvalue weighted by molar-refractivity contribution is 6.06. The first-order valence-corrected chi connectivity index (χ1v) is 9.31. The molecule has 29 heavy (non-hydrogen) atoms. The third-order valence-electron chi connectivity index (χ3n) is 5.26. The maximum Gasteiger partial charge on any atom is 0.418 e. The molecule has 1 fully saturated rings. The van der Waals surface area contributed by atoms with Crippen molar-refractivity contribution in [3.63, 3.8) is 0 Å². The summed E-state index contributed by atoms with van der Waals surface area (Å²) in [4.78, 5) is 20.6. The number of hydrogen-bond acceptors (Lipinski definition) is 5. The molecular weight excluding hydrogens is 407 g/mol. The SMILES string of the molecule is CCOC(=O)c1cnc2c(C(F)(F)F)cccc2c1N(C)C1CCN(C)CC1.Cl. The van der Waals surface area contributed by atoms with Crippen LogP contribution in [0.5, 0.6) is 0 Å². The van der Waals surface area contributed by atoms with Crippen LogP contribution in [0.4, 0.5) is 18.9 Å². The summed E-state index contributed by atoms with van der Waals surface area (Å²) in [7, 11) is 3.87. The van der Waals surface area contributed by atoms with Crippen LogP contribution in [0.15, 0.2) is 24.4 Å². The van der Waals surface area contributed by atoms with E-state index in [1.54, 1.807) is 13.0 Å². The minimum absolute atomic E-state index is 0. The maximum absolute atomic E-state index is 13.5. The quantitative estimate of drug-likeness (QED) is 0.672. The van der Waals surface area contributed by atoms with Crippen LogP contribution in [0.3, 0.4) is 0 Å². The largest absolute Gasteiger partial charge is 0.462 e. The molecule has 1 aromatic heterocycles. The van der Waals surface area contributed by atoms with Crippen LogP contribution in [0.1, 0.15) is 35.7 Å². The highest BCUT2D eigenvalue weighted by Gasteiger charge is 2.35. The molecule has 0 saturated carbocycles. The third kappa shape index (κ3) is 4.75. The number of rotatable bonds is 4. The third-order valence-corrected chi connectivity index (χ3v) is 5.26. The first kappa shape index (κ1) is 23.2. The number of esters is 1. The molecule has 160 valence electrons. The van der Waals surface area contributed by atoms with Gasteiger partial charge in [-0.25, -0.2) is 4.79 Å². The van der Waals surface area contributed by atoms with Crippen LogP contribution in [0, 0.1) is 0 Å². The average Bonchev–Trinajstić information content (AvgIpc) is 2.66. The number of benzene rings is 1. The highest BCUT2D eigenvalue weighted by atomic mass is 35.5. The van der Waals surface area contributed by atoms with E-state index in [0.717, 1.165) is 32.0 Å². The minimum atomic E-state index is -4.53. The second kappa shape index (κ2) is 9.17. The Morgan fingerprint density at radius 3 is 2.55 bits per heavy atom. The van der Waals surface area contributed by atoms with E-state index in [1.807, 2.05) is 19.0 Å². The topological polar surface area (TPSA) is 45.7 Å². The van der Waals surface area contributed by atoms with Crippen molar-refractivity contribution >= 4 is 35.0 Å². The molecule has 1 aromatic carbocycles. The molecular formula is C20H25ClF3N3O2. The van der Waals surface area contributed by atoms with E-state index < -0.39 is 17.7 Å². The summed E-state index contributed by atoms with van der Waals surface area (Å²) >= 11 is 0. The van der Waals surface area contributed by atoms with Gasteiger partial charge >= 0.3 is 12.1 Å². The van der Waals surface area contributed by atoms with Gasteiger partial charge in [0.1, 0.15) is 5.56 Å². The van der Waals surface area contributed by atoms with Gasteiger partial charge in [-0.2, -0.15) is 13.2 Å². The lowest BCUT2D eigenvalue weighted by Crippen LogP contribution is -2.42. The molecule has 1 aliphatic heterocycles. The molecule has 0 aliphatic carbocycles. The Hall–Kier alpha value is -2.06. The van der Waals surface area contributed by atoms with Gasteiger partial charge in [-0.1, -0.05) is 12.1 Å². The summed E-state index contributed by atoms with van der Waals surface area (Å²) in [5, 5.41) is 0.307. The summed E-state index contributed by atoms with van der Waals surface area (Å²) in [5.74, 6) is -0.580. The molecule has 0 amide bonds. The van der Waals surface area contributed by atoms with Crippen molar-refractivity contribution in [3.8, 4) is 0 Å². The van der Waals surface area contributed by atoms with Gasteiger partial charge in [0.2, 0.25) is 0 Å². The number of hydrogen-bond donors (Lipinski definition) is 0. The standard InChI is InChI=1S/C20H24F3N3O2.ClH/c1-4-28-19(27)15-12-24-17-14(6-5-7-16(17)20(21,22)23)18(15)26(3)13-8-10-25(2)11-9-13;/h5-7,12-13H,4,8-11H2,1-3H3;1H. The summed E-state index contributed by atoms with van der Waals surface area (Å²) < 4.78 is 45.6. The number of anilines is 1. The van der Waals surface area contributed by atoms with Gasteiger partial charge in [-0.05, 0) is 46.0 Å². The lowest BCUT2D eigenvalue weighted by molar-refractivity contribution is -0.136. The van der Waals surface area contributed by atoms with Crippen molar-refractivity contribution in [2.24, 2.45) is 0 Å². The number of ether oxygens (including phenoxy) is 1. The van der Waals surface area contributed by atoms with Crippen molar-refractivity contribution in [3.05, 3.63) is 35.5 Å². The van der Waals surface area contributed by atoms with Gasteiger partial charge in [0.15, 0.2) is 0 Å². The van der Waals surface area contributed by atoms with Crippen molar-refractivity contribution < 1.29 is 22.7 Å². The lowest BCUT2D eigenvalue weighted by atomic mass is 9.99. The van der Waals surface area contributed by atoms with Gasteiger partial charge in [-0.3, -0.25) is 4.98 Å². The smallest absolute Gasteiger partial charge is 0.418 e. The van der Waals surface area contributed by atoms with E-state index in [0.29, 0.717) is 11.1 Å². The average molecular weight is 432 g/mol.